The number of nitrogens with one attached hydrogen (secondary N) is 1. The van der Waals surface area contributed by atoms with Crippen molar-refractivity contribution < 1.29 is 14.3 Å². The molecule has 1 saturated heterocycles. The highest BCUT2D eigenvalue weighted by Gasteiger charge is 2.35. The molecule has 0 aromatic heterocycles. The molecule has 1 fully saturated rings. The van der Waals surface area contributed by atoms with Crippen LogP contribution in [0.25, 0.3) is 0 Å². The molecule has 0 aliphatic carbocycles. The molecule has 2 unspecified atom stereocenters. The van der Waals surface area contributed by atoms with Crippen molar-refractivity contribution in [2.24, 2.45) is 10.9 Å². The van der Waals surface area contributed by atoms with Crippen LogP contribution in [0.5, 0.6) is 11.5 Å². The Labute approximate surface area is 124 Å². The zero-order chi connectivity index (χ0) is 15.0. The molecule has 0 saturated carbocycles. The van der Waals surface area contributed by atoms with Gasteiger partial charge in [-0.2, -0.15) is 0 Å². The van der Waals surface area contributed by atoms with E-state index in [2.05, 4.69) is 10.3 Å². The van der Waals surface area contributed by atoms with Crippen LogP contribution in [0.3, 0.4) is 0 Å². The Morgan fingerprint density at radius 1 is 1.33 bits per heavy atom. The lowest BCUT2D eigenvalue weighted by Gasteiger charge is -2.17. The standard InChI is InChI=1S/C16H20N2O3/c1-9(2)21-14-7-12-11(6-13(14)20-3)16(19)15-10(8-18-12)4-5-17-15/h6-10,15,17H,4-5H2,1-3H3. The van der Waals surface area contributed by atoms with Crippen LogP contribution in [-0.2, 0) is 0 Å². The van der Waals surface area contributed by atoms with Gasteiger partial charge in [0.1, 0.15) is 0 Å². The lowest BCUT2D eigenvalue weighted by molar-refractivity contribution is 0.0945. The number of hydrogen-bond acceptors (Lipinski definition) is 5. The Kier molecular flexibility index (Phi) is 3.68. The molecular weight excluding hydrogens is 268 g/mol. The molecule has 2 aliphatic rings. The van der Waals surface area contributed by atoms with Gasteiger partial charge in [-0.05, 0) is 32.9 Å². The monoisotopic (exact) mass is 288 g/mol. The molecule has 0 radical (unpaired) electrons. The largest absolute Gasteiger partial charge is 0.493 e. The third-order valence-corrected chi connectivity index (χ3v) is 3.87. The van der Waals surface area contributed by atoms with Gasteiger partial charge in [0.05, 0.1) is 24.9 Å². The molecule has 0 bridgehead atoms. The minimum atomic E-state index is -0.170. The van der Waals surface area contributed by atoms with E-state index in [1.165, 1.54) is 0 Å². The smallest absolute Gasteiger partial charge is 0.182 e. The molecule has 1 aromatic rings. The molecule has 1 N–H and O–H groups in total. The lowest BCUT2D eigenvalue weighted by atomic mass is 9.95. The first-order valence-corrected chi connectivity index (χ1v) is 7.30. The van der Waals surface area contributed by atoms with E-state index in [4.69, 9.17) is 9.47 Å². The second-order valence-corrected chi connectivity index (χ2v) is 5.71. The lowest BCUT2D eigenvalue weighted by Crippen LogP contribution is -2.35. The minimum absolute atomic E-state index is 0.0310. The van der Waals surface area contributed by atoms with E-state index in [1.807, 2.05) is 20.1 Å². The quantitative estimate of drug-likeness (QED) is 0.927. The van der Waals surface area contributed by atoms with E-state index in [1.54, 1.807) is 19.2 Å². The number of rotatable bonds is 3. The molecule has 3 rings (SSSR count). The number of carbonyl (C=O) groups is 1. The Morgan fingerprint density at radius 3 is 2.86 bits per heavy atom. The average Bonchev–Trinajstić information content (AvgIpc) is 2.87. The number of ether oxygens (including phenoxy) is 2. The molecule has 21 heavy (non-hydrogen) atoms. The van der Waals surface area contributed by atoms with Gasteiger partial charge in [-0.1, -0.05) is 0 Å². The Morgan fingerprint density at radius 2 is 2.14 bits per heavy atom. The topological polar surface area (TPSA) is 59.9 Å². The summed E-state index contributed by atoms with van der Waals surface area (Å²) in [4.78, 5) is 17.2. The maximum absolute atomic E-state index is 12.7. The fourth-order valence-corrected chi connectivity index (χ4v) is 2.87. The number of nitrogens with zero attached hydrogens (tertiary/aromatic N) is 1. The third-order valence-electron chi connectivity index (χ3n) is 3.87. The van der Waals surface area contributed by atoms with Gasteiger partial charge in [0, 0.05) is 23.8 Å². The van der Waals surface area contributed by atoms with Gasteiger partial charge in [0.15, 0.2) is 17.3 Å². The fourth-order valence-electron chi connectivity index (χ4n) is 2.87. The summed E-state index contributed by atoms with van der Waals surface area (Å²) in [6.07, 6.45) is 2.86. The summed E-state index contributed by atoms with van der Waals surface area (Å²) in [6, 6.07) is 3.37. The van der Waals surface area contributed by atoms with Gasteiger partial charge < -0.3 is 14.8 Å². The first-order valence-electron chi connectivity index (χ1n) is 7.30. The van der Waals surface area contributed by atoms with Crippen LogP contribution in [0, 0.1) is 5.92 Å². The zero-order valence-corrected chi connectivity index (χ0v) is 12.6. The average molecular weight is 288 g/mol. The van der Waals surface area contributed by atoms with Crippen molar-refractivity contribution in [3.05, 3.63) is 17.7 Å². The molecule has 5 heteroatoms. The predicted molar refractivity (Wildman–Crippen MR) is 81.1 cm³/mol. The number of Topliss-reactive ketones (excluding diaryl/α,β-unsaturated/α-hetero) is 1. The Bertz CT molecular complexity index is 595. The summed E-state index contributed by atoms with van der Waals surface area (Å²) < 4.78 is 11.1. The van der Waals surface area contributed by atoms with Gasteiger partial charge in [0.2, 0.25) is 0 Å². The maximum atomic E-state index is 12.7. The van der Waals surface area contributed by atoms with Crippen molar-refractivity contribution in [3.63, 3.8) is 0 Å². The molecule has 0 amide bonds. The van der Waals surface area contributed by atoms with Crippen LogP contribution in [0.15, 0.2) is 17.1 Å². The van der Waals surface area contributed by atoms with Gasteiger partial charge in [-0.15, -0.1) is 0 Å². The van der Waals surface area contributed by atoms with E-state index in [0.29, 0.717) is 22.7 Å². The van der Waals surface area contributed by atoms with Crippen LogP contribution in [0.4, 0.5) is 5.69 Å². The molecule has 2 heterocycles. The molecule has 1 aromatic carbocycles. The van der Waals surface area contributed by atoms with Crippen LogP contribution in [-0.4, -0.2) is 37.8 Å². The summed E-state index contributed by atoms with van der Waals surface area (Å²) in [7, 11) is 1.58. The van der Waals surface area contributed by atoms with E-state index < -0.39 is 0 Å². The number of aliphatic imine (C=N–C) groups is 1. The van der Waals surface area contributed by atoms with Crippen LogP contribution in [0.1, 0.15) is 30.6 Å². The maximum Gasteiger partial charge on any atom is 0.182 e. The molecule has 5 nitrogen and oxygen atoms in total. The zero-order valence-electron chi connectivity index (χ0n) is 12.6. The van der Waals surface area contributed by atoms with Crippen molar-refractivity contribution in [2.75, 3.05) is 13.7 Å². The summed E-state index contributed by atoms with van der Waals surface area (Å²) >= 11 is 0. The van der Waals surface area contributed by atoms with E-state index in [0.717, 1.165) is 13.0 Å². The van der Waals surface area contributed by atoms with Crippen molar-refractivity contribution in [3.8, 4) is 11.5 Å². The summed E-state index contributed by atoms with van der Waals surface area (Å²) in [5.41, 5.74) is 1.26. The first-order chi connectivity index (χ1) is 10.1. The van der Waals surface area contributed by atoms with Gasteiger partial charge in [-0.3, -0.25) is 9.79 Å². The van der Waals surface area contributed by atoms with Crippen molar-refractivity contribution >= 4 is 17.7 Å². The molecule has 0 spiro atoms. The van der Waals surface area contributed by atoms with Gasteiger partial charge in [0.25, 0.3) is 0 Å². The van der Waals surface area contributed by atoms with E-state index >= 15 is 0 Å². The van der Waals surface area contributed by atoms with Crippen LogP contribution >= 0.6 is 0 Å². The highest BCUT2D eigenvalue weighted by molar-refractivity contribution is 6.08. The molecular formula is C16H20N2O3. The SMILES string of the molecule is COc1cc2c(cc1OC(C)C)N=CC1CCNC1C2=O. The third kappa shape index (κ3) is 2.53. The summed E-state index contributed by atoms with van der Waals surface area (Å²) in [5.74, 6) is 1.45. The highest BCUT2D eigenvalue weighted by atomic mass is 16.5. The van der Waals surface area contributed by atoms with E-state index in [9.17, 15) is 4.79 Å². The Hall–Kier alpha value is -1.88. The second-order valence-electron chi connectivity index (χ2n) is 5.71. The molecule has 2 atom stereocenters. The number of fused-ring (bicyclic) bond motifs is 2. The van der Waals surface area contributed by atoms with Crippen LogP contribution in [0.2, 0.25) is 0 Å². The summed E-state index contributed by atoms with van der Waals surface area (Å²) in [6.45, 7) is 4.76. The number of carbonyl (C=O) groups excluding carboxylic acids is 1. The first kappa shape index (κ1) is 14.1. The number of hydrogen-bond donors (Lipinski definition) is 1. The van der Waals surface area contributed by atoms with Gasteiger partial charge >= 0.3 is 0 Å². The minimum Gasteiger partial charge on any atom is -0.493 e. The highest BCUT2D eigenvalue weighted by Crippen LogP contribution is 2.38. The predicted octanol–water partition coefficient (Wildman–Crippen LogP) is 2.36. The number of methoxy groups -OCH3 is 1. The van der Waals surface area contributed by atoms with Crippen molar-refractivity contribution in [1.82, 2.24) is 5.32 Å². The number of ketones is 1. The summed E-state index contributed by atoms with van der Waals surface area (Å²) in [5, 5.41) is 3.26. The molecule has 2 aliphatic heterocycles. The van der Waals surface area contributed by atoms with Crippen molar-refractivity contribution in [2.45, 2.75) is 32.4 Å². The van der Waals surface area contributed by atoms with Crippen LogP contribution < -0.4 is 14.8 Å². The number of benzene rings is 1. The second kappa shape index (κ2) is 5.48. The van der Waals surface area contributed by atoms with Gasteiger partial charge in [-0.25, -0.2) is 0 Å². The molecule has 112 valence electrons. The Balaban J connectivity index is 2.06. The fraction of sp³-hybridized carbons (Fsp3) is 0.500. The van der Waals surface area contributed by atoms with E-state index in [-0.39, 0.29) is 23.8 Å². The normalized spacial score (nSPS) is 23.7. The van der Waals surface area contributed by atoms with Crippen molar-refractivity contribution in [1.29, 1.82) is 0 Å².